The van der Waals surface area contributed by atoms with Crippen molar-refractivity contribution in [2.75, 3.05) is 13.1 Å². The van der Waals surface area contributed by atoms with E-state index < -0.39 is 17.8 Å². The largest absolute Gasteiger partial charge is 0.386 e. The molecule has 6 heteroatoms. The lowest BCUT2D eigenvalue weighted by atomic mass is 10.0. The van der Waals surface area contributed by atoms with Crippen LogP contribution in [0.4, 0.5) is 4.39 Å². The fourth-order valence-corrected chi connectivity index (χ4v) is 2.86. The van der Waals surface area contributed by atoms with Gasteiger partial charge in [0.05, 0.1) is 12.6 Å². The second-order valence-corrected chi connectivity index (χ2v) is 5.97. The van der Waals surface area contributed by atoms with Gasteiger partial charge in [-0.15, -0.1) is 0 Å². The van der Waals surface area contributed by atoms with Gasteiger partial charge >= 0.3 is 0 Å². The topological polar surface area (TPSA) is 78.4 Å². The van der Waals surface area contributed by atoms with Crippen LogP contribution < -0.4 is 10.6 Å². The predicted molar refractivity (Wildman–Crippen MR) is 84.0 cm³/mol. The summed E-state index contributed by atoms with van der Waals surface area (Å²) in [4.78, 5) is 23.4. The number of aliphatic hydroxyl groups excluding tert-OH is 1. The minimum Gasteiger partial charge on any atom is -0.386 e. The molecule has 2 amide bonds. The van der Waals surface area contributed by atoms with Crippen LogP contribution in [-0.4, -0.2) is 30.0 Å². The van der Waals surface area contributed by atoms with Crippen LogP contribution in [0.3, 0.4) is 0 Å². The molecule has 23 heavy (non-hydrogen) atoms. The normalized spacial score (nSPS) is 16.1. The van der Waals surface area contributed by atoms with Crippen molar-refractivity contribution in [1.29, 1.82) is 0 Å². The van der Waals surface area contributed by atoms with Gasteiger partial charge in [-0.1, -0.05) is 31.0 Å². The Morgan fingerprint density at radius 2 is 1.87 bits per heavy atom. The first kappa shape index (κ1) is 17.4. The standard InChI is InChI=1S/C17H23FN2O3/c18-14-8-4-3-7-13(14)15(21)10-19-17(23)11-20-16(22)9-12-5-1-2-6-12/h3-4,7-8,12,15,21H,1-2,5-6,9-11H2,(H,19,23)(H,20,22). The number of halogens is 1. The maximum absolute atomic E-state index is 13.5. The van der Waals surface area contributed by atoms with E-state index in [0.29, 0.717) is 12.3 Å². The van der Waals surface area contributed by atoms with Crippen LogP contribution in [-0.2, 0) is 9.59 Å². The fraction of sp³-hybridized carbons (Fsp3) is 0.529. The van der Waals surface area contributed by atoms with Crippen LogP contribution in [0.2, 0.25) is 0 Å². The van der Waals surface area contributed by atoms with Crippen LogP contribution in [0.5, 0.6) is 0 Å². The van der Waals surface area contributed by atoms with Gasteiger partial charge in [-0.25, -0.2) is 4.39 Å². The summed E-state index contributed by atoms with van der Waals surface area (Å²) >= 11 is 0. The average molecular weight is 322 g/mol. The van der Waals surface area contributed by atoms with Gasteiger partial charge in [0.1, 0.15) is 5.82 Å². The second kappa shape index (κ2) is 8.62. The lowest BCUT2D eigenvalue weighted by Gasteiger charge is -2.13. The molecule has 1 aliphatic carbocycles. The van der Waals surface area contributed by atoms with Crippen molar-refractivity contribution in [1.82, 2.24) is 10.6 Å². The Kier molecular flexibility index (Phi) is 6.52. The van der Waals surface area contributed by atoms with E-state index in [2.05, 4.69) is 10.6 Å². The number of hydrogen-bond acceptors (Lipinski definition) is 3. The Bertz CT molecular complexity index is 544. The minimum absolute atomic E-state index is 0.0989. The number of aliphatic hydroxyl groups is 1. The quantitative estimate of drug-likeness (QED) is 0.714. The van der Waals surface area contributed by atoms with Gasteiger partial charge in [0.15, 0.2) is 0 Å². The molecule has 1 atom stereocenters. The summed E-state index contributed by atoms with van der Waals surface area (Å²) in [6.45, 7) is -0.228. The van der Waals surface area contributed by atoms with Crippen LogP contribution in [0, 0.1) is 11.7 Å². The highest BCUT2D eigenvalue weighted by molar-refractivity contribution is 5.84. The monoisotopic (exact) mass is 322 g/mol. The zero-order valence-electron chi connectivity index (χ0n) is 13.1. The maximum Gasteiger partial charge on any atom is 0.239 e. The second-order valence-electron chi connectivity index (χ2n) is 5.97. The van der Waals surface area contributed by atoms with Crippen LogP contribution in [0.25, 0.3) is 0 Å². The molecule has 0 heterocycles. The Morgan fingerprint density at radius 1 is 1.17 bits per heavy atom. The van der Waals surface area contributed by atoms with Crippen molar-refractivity contribution in [3.63, 3.8) is 0 Å². The molecule has 0 radical (unpaired) electrons. The SMILES string of the molecule is O=C(CNC(=O)CC1CCCC1)NCC(O)c1ccccc1F. The minimum atomic E-state index is -1.12. The van der Waals surface area contributed by atoms with E-state index in [4.69, 9.17) is 0 Å². The number of nitrogens with one attached hydrogen (secondary N) is 2. The Morgan fingerprint density at radius 3 is 2.57 bits per heavy atom. The summed E-state index contributed by atoms with van der Waals surface area (Å²) in [5, 5.41) is 14.9. The van der Waals surface area contributed by atoms with Crippen molar-refractivity contribution < 1.29 is 19.1 Å². The number of amides is 2. The Balaban J connectivity index is 1.66. The molecule has 1 aliphatic rings. The Hall–Kier alpha value is -1.95. The molecule has 1 saturated carbocycles. The van der Waals surface area contributed by atoms with Crippen LogP contribution >= 0.6 is 0 Å². The lowest BCUT2D eigenvalue weighted by molar-refractivity contribution is -0.126. The van der Waals surface area contributed by atoms with Crippen molar-refractivity contribution in [2.24, 2.45) is 5.92 Å². The first-order valence-electron chi connectivity index (χ1n) is 8.02. The summed E-state index contributed by atoms with van der Waals surface area (Å²) in [6, 6.07) is 5.87. The van der Waals surface area contributed by atoms with Crippen molar-refractivity contribution in [3.8, 4) is 0 Å². The Labute approximate surface area is 135 Å². The predicted octanol–water partition coefficient (Wildman–Crippen LogP) is 1.67. The summed E-state index contributed by atoms with van der Waals surface area (Å²) in [6.07, 6.45) is 3.85. The summed E-state index contributed by atoms with van der Waals surface area (Å²) in [5.74, 6) is -0.609. The number of hydrogen-bond donors (Lipinski definition) is 3. The molecule has 0 spiro atoms. The van der Waals surface area contributed by atoms with E-state index in [1.165, 1.54) is 31.0 Å². The average Bonchev–Trinajstić information content (AvgIpc) is 3.04. The third-order valence-electron chi connectivity index (χ3n) is 4.15. The van der Waals surface area contributed by atoms with Gasteiger partial charge < -0.3 is 15.7 Å². The first-order chi connectivity index (χ1) is 11.1. The van der Waals surface area contributed by atoms with E-state index in [9.17, 15) is 19.1 Å². The van der Waals surface area contributed by atoms with Gasteiger partial charge in [-0.2, -0.15) is 0 Å². The molecule has 2 rings (SSSR count). The summed E-state index contributed by atoms with van der Waals surface area (Å²) in [5.41, 5.74) is 0.137. The number of benzene rings is 1. The molecule has 1 aromatic carbocycles. The van der Waals surface area contributed by atoms with E-state index in [1.54, 1.807) is 6.07 Å². The number of rotatable bonds is 7. The number of carbonyl (C=O) groups is 2. The third-order valence-corrected chi connectivity index (χ3v) is 4.15. The van der Waals surface area contributed by atoms with Crippen molar-refractivity contribution >= 4 is 11.8 Å². The van der Waals surface area contributed by atoms with Crippen molar-refractivity contribution in [2.45, 2.75) is 38.2 Å². The lowest BCUT2D eigenvalue weighted by Crippen LogP contribution is -2.39. The molecular weight excluding hydrogens is 299 g/mol. The maximum atomic E-state index is 13.5. The zero-order chi connectivity index (χ0) is 16.7. The number of carbonyl (C=O) groups excluding carboxylic acids is 2. The van der Waals surface area contributed by atoms with Gasteiger partial charge in [0.2, 0.25) is 11.8 Å². The molecule has 0 saturated heterocycles. The van der Waals surface area contributed by atoms with Gasteiger partial charge in [0, 0.05) is 18.5 Å². The van der Waals surface area contributed by atoms with Crippen LogP contribution in [0.15, 0.2) is 24.3 Å². The van der Waals surface area contributed by atoms with Gasteiger partial charge in [-0.3, -0.25) is 9.59 Å². The van der Waals surface area contributed by atoms with Crippen molar-refractivity contribution in [3.05, 3.63) is 35.6 Å². The summed E-state index contributed by atoms with van der Waals surface area (Å²) in [7, 11) is 0. The molecule has 0 bridgehead atoms. The molecule has 3 N–H and O–H groups in total. The molecule has 5 nitrogen and oxygen atoms in total. The smallest absolute Gasteiger partial charge is 0.239 e. The van der Waals surface area contributed by atoms with E-state index >= 15 is 0 Å². The van der Waals surface area contributed by atoms with E-state index in [1.807, 2.05) is 0 Å². The third kappa shape index (κ3) is 5.63. The first-order valence-corrected chi connectivity index (χ1v) is 8.02. The molecule has 126 valence electrons. The molecular formula is C17H23FN2O3. The van der Waals surface area contributed by atoms with E-state index in [-0.39, 0.29) is 24.6 Å². The molecule has 1 fully saturated rings. The van der Waals surface area contributed by atoms with Crippen LogP contribution in [0.1, 0.15) is 43.8 Å². The zero-order valence-corrected chi connectivity index (χ0v) is 13.1. The highest BCUT2D eigenvalue weighted by Gasteiger charge is 2.19. The van der Waals surface area contributed by atoms with E-state index in [0.717, 1.165) is 12.8 Å². The highest BCUT2D eigenvalue weighted by Crippen LogP contribution is 2.27. The molecule has 1 unspecified atom stereocenters. The van der Waals surface area contributed by atoms with Gasteiger partial charge in [-0.05, 0) is 24.8 Å². The fourth-order valence-electron chi connectivity index (χ4n) is 2.86. The van der Waals surface area contributed by atoms with Gasteiger partial charge in [0.25, 0.3) is 0 Å². The molecule has 0 aliphatic heterocycles. The molecule has 0 aromatic heterocycles. The highest BCUT2D eigenvalue weighted by atomic mass is 19.1. The summed E-state index contributed by atoms with van der Waals surface area (Å²) < 4.78 is 13.5. The molecule has 1 aromatic rings.